The van der Waals surface area contributed by atoms with Crippen LogP contribution in [-0.2, 0) is 5.72 Å². The van der Waals surface area contributed by atoms with Gasteiger partial charge in [-0.15, -0.1) is 0 Å². The molecule has 0 amide bonds. The van der Waals surface area contributed by atoms with Gasteiger partial charge < -0.3 is 20.4 Å². The standard InChI is InChI=1S/C10H14N2O.C10H14N2.C10H12N2.H2O/c1-12-7-3-5-10(12,13)9-4-2-6-11-8-9;2*1-12-7-3-5-10(12)9-4-2-6-11-8-9;/h2,4,6,8,13H,3,5,7H2,1H3;2,4,6,8,10H,3,5,7H2,1H3;2,4-6,8H,3,7H2,1H3;1H2/p+3. The first-order valence-electron chi connectivity index (χ1n) is 13.4. The first-order valence-corrected chi connectivity index (χ1v) is 13.4. The molecule has 3 aromatic rings. The van der Waals surface area contributed by atoms with Gasteiger partial charge in [-0.1, -0.05) is 12.1 Å². The summed E-state index contributed by atoms with van der Waals surface area (Å²) >= 11 is 0. The molecule has 6 rings (SSSR count). The zero-order valence-electron chi connectivity index (χ0n) is 24.9. The average molecular weight is 522 g/mol. The van der Waals surface area contributed by atoms with E-state index in [1.165, 1.54) is 41.1 Å². The van der Waals surface area contributed by atoms with Crippen molar-refractivity contribution in [3.05, 3.63) is 96.3 Å². The molecule has 0 spiro atoms. The molecule has 38 heavy (non-hydrogen) atoms. The Morgan fingerprint density at radius 3 is 2.16 bits per heavy atom. The Hall–Kier alpha value is -3.17. The van der Waals surface area contributed by atoms with Crippen molar-refractivity contribution in [2.45, 2.75) is 43.9 Å². The minimum atomic E-state index is -0.700. The van der Waals surface area contributed by atoms with Crippen molar-refractivity contribution < 1.29 is 18.3 Å². The number of quaternary nitrogens is 1. The third-order valence-corrected chi connectivity index (χ3v) is 7.70. The first-order chi connectivity index (χ1) is 18.0. The molecule has 0 bridgehead atoms. The molecule has 0 aromatic carbocycles. The van der Waals surface area contributed by atoms with Crippen LogP contribution in [-0.4, -0.2) is 76.1 Å². The number of nitrogens with zero attached hydrogens (tertiary/aromatic N) is 5. The number of aliphatic hydroxyl groups is 1. The van der Waals surface area contributed by atoms with E-state index in [0.29, 0.717) is 6.04 Å². The predicted molar refractivity (Wildman–Crippen MR) is 153 cm³/mol. The van der Waals surface area contributed by atoms with Crippen molar-refractivity contribution in [3.63, 3.8) is 0 Å². The second-order valence-corrected chi connectivity index (χ2v) is 10.2. The minimum absolute atomic E-state index is 0. The van der Waals surface area contributed by atoms with Gasteiger partial charge in [0.05, 0.1) is 19.2 Å². The third-order valence-electron chi connectivity index (χ3n) is 7.70. The van der Waals surface area contributed by atoms with Gasteiger partial charge in [0.15, 0.2) is 0 Å². The van der Waals surface area contributed by atoms with Gasteiger partial charge in [-0.2, -0.15) is 0 Å². The SMILES string of the molecule is CN1CCC=C1c1cccnc1.CN1CCCC1c1cccnc1.C[NH+]1CCCC1(O)c1cccnc1.O.[H+].[H+]. The van der Waals surface area contributed by atoms with Crippen LogP contribution in [0.1, 0.15) is 57.7 Å². The van der Waals surface area contributed by atoms with Crippen molar-refractivity contribution in [1.82, 2.24) is 24.8 Å². The number of aromatic nitrogens is 3. The summed E-state index contributed by atoms with van der Waals surface area (Å²) in [6.07, 6.45) is 18.9. The Bertz CT molecular complexity index is 1130. The van der Waals surface area contributed by atoms with E-state index < -0.39 is 5.72 Å². The number of hydrogen-bond acceptors (Lipinski definition) is 6. The lowest BCUT2D eigenvalue weighted by molar-refractivity contribution is -0.956. The van der Waals surface area contributed by atoms with Gasteiger partial charge in [0, 0.05) is 80.9 Å². The summed E-state index contributed by atoms with van der Waals surface area (Å²) in [5.41, 5.74) is 4.12. The molecule has 4 N–H and O–H groups in total. The van der Waals surface area contributed by atoms with Crippen LogP contribution < -0.4 is 4.90 Å². The molecule has 3 aliphatic heterocycles. The first kappa shape index (κ1) is 29.4. The van der Waals surface area contributed by atoms with E-state index in [9.17, 15) is 5.11 Å². The molecule has 0 saturated carbocycles. The van der Waals surface area contributed by atoms with E-state index in [4.69, 9.17) is 0 Å². The summed E-state index contributed by atoms with van der Waals surface area (Å²) in [7, 11) is 6.33. The highest BCUT2D eigenvalue weighted by molar-refractivity contribution is 5.64. The Labute approximate surface area is 230 Å². The van der Waals surface area contributed by atoms with Crippen LogP contribution in [0.15, 0.2) is 79.7 Å². The van der Waals surface area contributed by atoms with Gasteiger partial charge in [0.2, 0.25) is 5.72 Å². The van der Waals surface area contributed by atoms with Gasteiger partial charge >= 0.3 is 2.85 Å². The molecule has 2 saturated heterocycles. The summed E-state index contributed by atoms with van der Waals surface area (Å²) in [5.74, 6) is 0. The summed E-state index contributed by atoms with van der Waals surface area (Å²) < 4.78 is 0. The zero-order valence-corrected chi connectivity index (χ0v) is 22.9. The lowest BCUT2D eigenvalue weighted by Crippen LogP contribution is -3.14. The highest BCUT2D eigenvalue weighted by Crippen LogP contribution is 2.29. The number of rotatable bonds is 3. The number of hydrogen-bond donors (Lipinski definition) is 2. The quantitative estimate of drug-likeness (QED) is 0.549. The van der Waals surface area contributed by atoms with E-state index in [2.05, 4.69) is 57.1 Å². The fraction of sp³-hybridized carbons (Fsp3) is 0.433. The molecule has 8 nitrogen and oxygen atoms in total. The summed E-state index contributed by atoms with van der Waals surface area (Å²) in [4.78, 5) is 18.1. The Kier molecular flexibility index (Phi) is 10.9. The smallest absolute Gasteiger partial charge is 0.412 e. The van der Waals surface area contributed by atoms with Crippen molar-refractivity contribution in [3.8, 4) is 0 Å². The predicted octanol–water partition coefficient (Wildman–Crippen LogP) is 2.54. The molecule has 3 unspecified atom stereocenters. The molecule has 0 aliphatic carbocycles. The van der Waals surface area contributed by atoms with Gasteiger partial charge in [-0.05, 0) is 68.8 Å². The van der Waals surface area contributed by atoms with E-state index >= 15 is 0 Å². The van der Waals surface area contributed by atoms with E-state index in [0.717, 1.165) is 37.9 Å². The molecule has 2 fully saturated rings. The van der Waals surface area contributed by atoms with Crippen LogP contribution >= 0.6 is 0 Å². The zero-order chi connectivity index (χ0) is 26.1. The average Bonchev–Trinajstić information content (AvgIpc) is 3.67. The second kappa shape index (κ2) is 14.1. The largest absolute Gasteiger partial charge is 1.00 e. The maximum absolute atomic E-state index is 10.4. The molecular formula is C30H45N6O2+3. The monoisotopic (exact) mass is 521 g/mol. The van der Waals surface area contributed by atoms with Crippen LogP contribution in [0.2, 0.25) is 0 Å². The van der Waals surface area contributed by atoms with Crippen LogP contribution in [0.4, 0.5) is 0 Å². The molecule has 8 heteroatoms. The Morgan fingerprint density at radius 2 is 1.66 bits per heavy atom. The fourth-order valence-corrected chi connectivity index (χ4v) is 5.46. The lowest BCUT2D eigenvalue weighted by Gasteiger charge is -2.26. The van der Waals surface area contributed by atoms with Crippen LogP contribution in [0.3, 0.4) is 0 Å². The maximum Gasteiger partial charge on any atom is 1.00 e. The summed E-state index contributed by atoms with van der Waals surface area (Å²) in [6, 6.07) is 12.7. The molecule has 0 radical (unpaired) electrons. The number of likely N-dealkylation sites (tertiary alicyclic amines) is 2. The van der Waals surface area contributed by atoms with E-state index in [1.54, 1.807) is 18.6 Å². The topological polar surface area (TPSA) is 101 Å². The van der Waals surface area contributed by atoms with Crippen LogP contribution in [0.25, 0.3) is 5.70 Å². The van der Waals surface area contributed by atoms with Crippen molar-refractivity contribution in [2.75, 3.05) is 40.8 Å². The molecular weight excluding hydrogens is 476 g/mol. The van der Waals surface area contributed by atoms with Gasteiger partial charge in [0.25, 0.3) is 0 Å². The maximum atomic E-state index is 10.4. The molecule has 6 heterocycles. The van der Waals surface area contributed by atoms with Gasteiger partial charge in [-0.25, -0.2) is 0 Å². The lowest BCUT2D eigenvalue weighted by atomic mass is 10.0. The molecule has 3 aliphatic rings. The highest BCUT2D eigenvalue weighted by Gasteiger charge is 2.42. The molecule has 3 atom stereocenters. The van der Waals surface area contributed by atoms with Gasteiger partial charge in [0.1, 0.15) is 0 Å². The van der Waals surface area contributed by atoms with E-state index in [-0.39, 0.29) is 8.33 Å². The Morgan fingerprint density at radius 1 is 0.947 bits per heavy atom. The van der Waals surface area contributed by atoms with Crippen LogP contribution in [0, 0.1) is 0 Å². The van der Waals surface area contributed by atoms with Crippen LogP contribution in [0.5, 0.6) is 0 Å². The second-order valence-electron chi connectivity index (χ2n) is 10.2. The number of nitrogens with one attached hydrogen (secondary N) is 1. The van der Waals surface area contributed by atoms with Crippen molar-refractivity contribution in [2.24, 2.45) is 0 Å². The minimum Gasteiger partial charge on any atom is -0.412 e. The highest BCUT2D eigenvalue weighted by atomic mass is 16.3. The Balaban J connectivity index is 0.000000289. The summed E-state index contributed by atoms with van der Waals surface area (Å²) in [5, 5.41) is 10.4. The van der Waals surface area contributed by atoms with E-state index in [1.807, 2.05) is 49.9 Å². The number of pyridine rings is 3. The molecule has 204 valence electrons. The third kappa shape index (κ3) is 7.23. The fourth-order valence-electron chi connectivity index (χ4n) is 5.46. The summed E-state index contributed by atoms with van der Waals surface area (Å²) in [6.45, 7) is 3.38. The van der Waals surface area contributed by atoms with Crippen molar-refractivity contribution >= 4 is 5.70 Å². The normalized spacial score (nSPS) is 24.4. The molecule has 3 aromatic heterocycles. The van der Waals surface area contributed by atoms with Crippen molar-refractivity contribution in [1.29, 1.82) is 0 Å². The van der Waals surface area contributed by atoms with Gasteiger partial charge in [-0.3, -0.25) is 19.9 Å².